The summed E-state index contributed by atoms with van der Waals surface area (Å²) in [6.07, 6.45) is 1.64. The van der Waals surface area contributed by atoms with E-state index in [0.717, 1.165) is 5.56 Å². The number of ether oxygens (including phenoxy) is 1. The van der Waals surface area contributed by atoms with Gasteiger partial charge in [-0.1, -0.05) is 28.6 Å². The molecule has 0 fully saturated rings. The van der Waals surface area contributed by atoms with E-state index in [0.29, 0.717) is 29.4 Å². The van der Waals surface area contributed by atoms with Crippen molar-refractivity contribution in [3.05, 3.63) is 83.2 Å². The second-order valence-electron chi connectivity index (χ2n) is 8.29. The van der Waals surface area contributed by atoms with Gasteiger partial charge >= 0.3 is 0 Å². The predicted octanol–water partition coefficient (Wildman–Crippen LogP) is 1.66. The third-order valence-corrected chi connectivity index (χ3v) is 5.72. The van der Waals surface area contributed by atoms with Gasteiger partial charge in [0, 0.05) is 5.56 Å². The van der Waals surface area contributed by atoms with E-state index >= 15 is 0 Å². The van der Waals surface area contributed by atoms with Crippen LogP contribution in [0.25, 0.3) is 5.69 Å². The number of carbonyl (C=O) groups excluding carboxylic acids is 2. The Morgan fingerprint density at radius 1 is 1.03 bits per heavy atom. The average molecular weight is 490 g/mol. The molecule has 5 rings (SSSR count). The van der Waals surface area contributed by atoms with E-state index in [1.165, 1.54) is 21.5 Å². The number of nitrogens with zero attached hydrogens (tertiary/aromatic N) is 7. The molecule has 0 radical (unpaired) electrons. The SMILES string of the molecule is Cc1c(C(=O)N2Cc3cn(nn3)CC(=O)NCCOc3ccccc3C2)nnn1-c1ccc(F)cc1. The van der Waals surface area contributed by atoms with Crippen LogP contribution in [0, 0.1) is 12.7 Å². The molecular formula is C24H23FN8O3. The first-order valence-corrected chi connectivity index (χ1v) is 11.3. The molecule has 0 atom stereocenters. The summed E-state index contributed by atoms with van der Waals surface area (Å²) in [5.74, 6) is -0.349. The first-order valence-electron chi connectivity index (χ1n) is 11.3. The van der Waals surface area contributed by atoms with Crippen LogP contribution in [0.4, 0.5) is 4.39 Å². The summed E-state index contributed by atoms with van der Waals surface area (Å²) in [5, 5.41) is 19.2. The molecule has 2 aromatic carbocycles. The van der Waals surface area contributed by atoms with Gasteiger partial charge in [0.1, 0.15) is 30.4 Å². The zero-order chi connectivity index (χ0) is 25.1. The van der Waals surface area contributed by atoms with Crippen molar-refractivity contribution >= 4 is 11.8 Å². The summed E-state index contributed by atoms with van der Waals surface area (Å²) in [5.41, 5.74) is 2.54. The smallest absolute Gasteiger partial charge is 0.276 e. The number of carbonyl (C=O) groups is 2. The topological polar surface area (TPSA) is 120 Å². The van der Waals surface area contributed by atoms with Gasteiger partial charge in [-0.15, -0.1) is 10.2 Å². The standard InChI is InChI=1S/C24H23FN8O3/c1-16-23(28-30-33(16)20-8-6-18(25)7-9-20)24(35)31-12-17-4-2-3-5-21(17)36-11-10-26-22(34)15-32-14-19(13-31)27-29-32/h2-9,14H,10-13,15H2,1H3,(H,26,34). The highest BCUT2D eigenvalue weighted by atomic mass is 19.1. The highest BCUT2D eigenvalue weighted by Crippen LogP contribution is 2.23. The van der Waals surface area contributed by atoms with Crippen molar-refractivity contribution in [2.75, 3.05) is 13.2 Å². The minimum atomic E-state index is -0.370. The quantitative estimate of drug-likeness (QED) is 0.454. The fraction of sp³-hybridized carbons (Fsp3) is 0.250. The van der Waals surface area contributed by atoms with Gasteiger partial charge in [0.15, 0.2) is 5.69 Å². The van der Waals surface area contributed by atoms with Crippen LogP contribution in [-0.4, -0.2) is 59.9 Å². The van der Waals surface area contributed by atoms with Crippen LogP contribution in [0.1, 0.15) is 27.4 Å². The van der Waals surface area contributed by atoms with Crippen LogP contribution in [0.15, 0.2) is 54.7 Å². The molecule has 0 spiro atoms. The number of amides is 2. The number of fused-ring (bicyclic) bond motifs is 3. The molecule has 36 heavy (non-hydrogen) atoms. The summed E-state index contributed by atoms with van der Waals surface area (Å²) >= 11 is 0. The molecule has 1 aliphatic heterocycles. The van der Waals surface area contributed by atoms with Crippen LogP contribution in [-0.2, 0) is 24.4 Å². The number of benzene rings is 2. The Labute approximate surface area is 205 Å². The summed E-state index contributed by atoms with van der Waals surface area (Å²) in [7, 11) is 0. The molecule has 4 aromatic rings. The Balaban J connectivity index is 1.49. The maximum Gasteiger partial charge on any atom is 0.276 e. The van der Waals surface area contributed by atoms with E-state index in [1.807, 2.05) is 24.3 Å². The van der Waals surface area contributed by atoms with Crippen molar-refractivity contribution in [2.45, 2.75) is 26.6 Å². The number of hydrogen-bond donors (Lipinski definition) is 1. The summed E-state index contributed by atoms with van der Waals surface area (Å²) in [4.78, 5) is 27.5. The first-order chi connectivity index (χ1) is 17.5. The fourth-order valence-corrected chi connectivity index (χ4v) is 3.92. The van der Waals surface area contributed by atoms with Crippen molar-refractivity contribution in [1.29, 1.82) is 0 Å². The Bertz CT molecular complexity index is 1400. The van der Waals surface area contributed by atoms with Gasteiger partial charge in [-0.2, -0.15) is 0 Å². The number of nitrogens with one attached hydrogen (secondary N) is 1. The molecule has 3 heterocycles. The van der Waals surface area contributed by atoms with Gasteiger partial charge < -0.3 is 15.0 Å². The van der Waals surface area contributed by atoms with Crippen molar-refractivity contribution in [2.24, 2.45) is 0 Å². The van der Waals surface area contributed by atoms with E-state index < -0.39 is 0 Å². The van der Waals surface area contributed by atoms with E-state index in [1.54, 1.807) is 30.2 Å². The summed E-state index contributed by atoms with van der Waals surface area (Å²) < 4.78 is 22.2. The molecule has 184 valence electrons. The number of halogens is 1. The van der Waals surface area contributed by atoms with Crippen molar-refractivity contribution in [3.8, 4) is 11.4 Å². The zero-order valence-corrected chi connectivity index (χ0v) is 19.5. The van der Waals surface area contributed by atoms with Crippen LogP contribution < -0.4 is 10.1 Å². The normalized spacial score (nSPS) is 14.4. The number of aromatic nitrogens is 6. The van der Waals surface area contributed by atoms with E-state index in [9.17, 15) is 14.0 Å². The zero-order valence-electron chi connectivity index (χ0n) is 19.5. The van der Waals surface area contributed by atoms with E-state index in [-0.39, 0.29) is 49.6 Å². The van der Waals surface area contributed by atoms with Crippen LogP contribution in [0.2, 0.25) is 0 Å². The lowest BCUT2D eigenvalue weighted by Gasteiger charge is -2.23. The Morgan fingerprint density at radius 3 is 2.67 bits per heavy atom. The molecule has 0 unspecified atom stereocenters. The lowest BCUT2D eigenvalue weighted by molar-refractivity contribution is -0.122. The fourth-order valence-electron chi connectivity index (χ4n) is 3.92. The predicted molar refractivity (Wildman–Crippen MR) is 125 cm³/mol. The van der Waals surface area contributed by atoms with Gasteiger partial charge in [0.25, 0.3) is 5.91 Å². The molecule has 2 aromatic heterocycles. The molecule has 12 heteroatoms. The van der Waals surface area contributed by atoms with Crippen molar-refractivity contribution < 1.29 is 18.7 Å². The number of rotatable bonds is 2. The molecule has 2 amide bonds. The van der Waals surface area contributed by atoms with E-state index in [2.05, 4.69) is 25.9 Å². The molecule has 1 N–H and O–H groups in total. The maximum absolute atomic E-state index is 13.7. The molecule has 0 aliphatic carbocycles. The molecule has 1 aliphatic rings. The van der Waals surface area contributed by atoms with Gasteiger partial charge in [0.05, 0.1) is 37.2 Å². The second kappa shape index (κ2) is 9.94. The third-order valence-electron chi connectivity index (χ3n) is 5.72. The second-order valence-corrected chi connectivity index (χ2v) is 8.29. The van der Waals surface area contributed by atoms with Crippen molar-refractivity contribution in [1.82, 2.24) is 40.2 Å². The third kappa shape index (κ3) is 4.92. The summed E-state index contributed by atoms with van der Waals surface area (Å²) in [6, 6.07) is 13.2. The monoisotopic (exact) mass is 490 g/mol. The number of para-hydroxylation sites is 1. The van der Waals surface area contributed by atoms with Crippen LogP contribution >= 0.6 is 0 Å². The molecule has 11 nitrogen and oxygen atoms in total. The molecule has 0 saturated carbocycles. The highest BCUT2D eigenvalue weighted by molar-refractivity contribution is 5.93. The van der Waals surface area contributed by atoms with Crippen molar-refractivity contribution in [3.63, 3.8) is 0 Å². The van der Waals surface area contributed by atoms with Crippen LogP contribution in [0.5, 0.6) is 5.75 Å². The maximum atomic E-state index is 13.7. The molecule has 2 bridgehead atoms. The Morgan fingerprint density at radius 2 is 1.83 bits per heavy atom. The highest BCUT2D eigenvalue weighted by Gasteiger charge is 2.25. The van der Waals surface area contributed by atoms with Gasteiger partial charge in [-0.25, -0.2) is 13.8 Å². The lowest BCUT2D eigenvalue weighted by atomic mass is 10.1. The van der Waals surface area contributed by atoms with Gasteiger partial charge in [-0.05, 0) is 37.3 Å². The molecular weight excluding hydrogens is 467 g/mol. The van der Waals surface area contributed by atoms with E-state index in [4.69, 9.17) is 4.74 Å². The first kappa shape index (κ1) is 23.1. The molecule has 0 saturated heterocycles. The lowest BCUT2D eigenvalue weighted by Crippen LogP contribution is -2.33. The summed E-state index contributed by atoms with van der Waals surface area (Å²) in [6.45, 7) is 2.66. The largest absolute Gasteiger partial charge is 0.491 e. The Kier molecular flexibility index (Phi) is 6.39. The number of hydrogen-bond acceptors (Lipinski definition) is 7. The van der Waals surface area contributed by atoms with Gasteiger partial charge in [-0.3, -0.25) is 9.59 Å². The minimum absolute atomic E-state index is 0.00262. The van der Waals surface area contributed by atoms with Gasteiger partial charge in [0.2, 0.25) is 5.91 Å². The van der Waals surface area contributed by atoms with Crippen LogP contribution in [0.3, 0.4) is 0 Å². The minimum Gasteiger partial charge on any atom is -0.491 e. The average Bonchev–Trinajstić information content (AvgIpc) is 3.48. The Hall–Kier alpha value is -4.61.